The molecule has 0 N–H and O–H groups in total. The Morgan fingerprint density at radius 1 is 1.06 bits per heavy atom. The highest BCUT2D eigenvalue weighted by atomic mass is 16.5. The molecule has 1 aromatic carbocycles. The summed E-state index contributed by atoms with van der Waals surface area (Å²) in [5.41, 5.74) is 2.53. The summed E-state index contributed by atoms with van der Waals surface area (Å²) < 4.78 is 23.0. The summed E-state index contributed by atoms with van der Waals surface area (Å²) in [7, 11) is 0. The number of hydrogen-bond acceptors (Lipinski definition) is 7. The number of hydrogen-bond donors (Lipinski definition) is 0. The van der Waals surface area contributed by atoms with Crippen LogP contribution < -0.4 is 9.47 Å². The maximum absolute atomic E-state index is 13.0. The van der Waals surface area contributed by atoms with Gasteiger partial charge in [-0.2, -0.15) is 0 Å². The first-order chi connectivity index (χ1) is 15.1. The van der Waals surface area contributed by atoms with E-state index in [0.717, 1.165) is 75.0 Å². The van der Waals surface area contributed by atoms with Crippen LogP contribution in [0.1, 0.15) is 39.4 Å². The smallest absolute Gasteiger partial charge is 0.232 e. The molecular weight excluding hydrogens is 396 g/mol. The predicted molar refractivity (Wildman–Crippen MR) is 115 cm³/mol. The second kappa shape index (κ2) is 8.49. The monoisotopic (exact) mass is 424 g/mol. The highest BCUT2D eigenvalue weighted by Crippen LogP contribution is 2.43. The maximum Gasteiger partial charge on any atom is 0.232 e. The maximum atomic E-state index is 13.0. The number of allylic oxidation sites excluding steroid dienone is 1. The van der Waals surface area contributed by atoms with Crippen molar-refractivity contribution in [3.63, 3.8) is 0 Å². The van der Waals surface area contributed by atoms with Gasteiger partial charge in [-0.3, -0.25) is 14.6 Å². The van der Waals surface area contributed by atoms with Gasteiger partial charge in [-0.05, 0) is 45.0 Å². The third-order valence-corrected chi connectivity index (χ3v) is 6.09. The van der Waals surface area contributed by atoms with Crippen molar-refractivity contribution >= 4 is 11.9 Å². The Bertz CT molecular complexity index is 1020. The molecule has 0 radical (unpaired) electrons. The Balaban J connectivity index is 1.28. The molecule has 31 heavy (non-hydrogen) atoms. The van der Waals surface area contributed by atoms with Gasteiger partial charge in [0.05, 0.1) is 18.8 Å². The Morgan fingerprint density at radius 2 is 1.87 bits per heavy atom. The second-order valence-corrected chi connectivity index (χ2v) is 8.39. The number of nitrogens with zero attached hydrogens (tertiary/aromatic N) is 2. The summed E-state index contributed by atoms with van der Waals surface area (Å²) in [5.74, 6) is 3.02. The van der Waals surface area contributed by atoms with Crippen LogP contribution in [0.4, 0.5) is 0 Å². The topological polar surface area (TPSA) is 64.4 Å². The summed E-state index contributed by atoms with van der Waals surface area (Å²) >= 11 is 0. The standard InChI is InChI=1S/C24H28N2O5/c1-16-4-5-19(30-16)13-21-22(27)20-12-18-14-26(7-3-6-25-8-10-28-11-9-25)15-29-23(18)17(2)24(20)31-21/h4-5,12-13H,3,6-11,14-15H2,1-2H3/b21-13-. The molecule has 0 aliphatic carbocycles. The van der Waals surface area contributed by atoms with Crippen molar-refractivity contribution in [1.29, 1.82) is 0 Å². The molecule has 0 bridgehead atoms. The molecule has 3 aliphatic heterocycles. The molecule has 1 fully saturated rings. The molecule has 164 valence electrons. The fraction of sp³-hybridized carbons (Fsp3) is 0.458. The minimum atomic E-state index is -0.112. The Morgan fingerprint density at radius 3 is 2.65 bits per heavy atom. The minimum Gasteiger partial charge on any atom is -0.477 e. The van der Waals surface area contributed by atoms with Gasteiger partial charge in [0, 0.05) is 43.4 Å². The van der Waals surface area contributed by atoms with Gasteiger partial charge in [0.2, 0.25) is 5.78 Å². The van der Waals surface area contributed by atoms with Crippen LogP contribution in [0.2, 0.25) is 0 Å². The lowest BCUT2D eigenvalue weighted by Crippen LogP contribution is -2.39. The number of aryl methyl sites for hydroxylation is 1. The number of furan rings is 1. The van der Waals surface area contributed by atoms with Crippen LogP contribution in [0.3, 0.4) is 0 Å². The normalized spacial score (nSPS) is 20.5. The number of carbonyl (C=O) groups excluding carboxylic acids is 1. The van der Waals surface area contributed by atoms with Crippen LogP contribution in [0.15, 0.2) is 28.4 Å². The second-order valence-electron chi connectivity index (χ2n) is 8.39. The van der Waals surface area contributed by atoms with Gasteiger partial charge in [0.15, 0.2) is 5.76 Å². The van der Waals surface area contributed by atoms with E-state index >= 15 is 0 Å². The number of morpholine rings is 1. The van der Waals surface area contributed by atoms with Gasteiger partial charge in [-0.25, -0.2) is 0 Å². The largest absolute Gasteiger partial charge is 0.477 e. The summed E-state index contributed by atoms with van der Waals surface area (Å²) in [6.07, 6.45) is 2.74. The minimum absolute atomic E-state index is 0.112. The van der Waals surface area contributed by atoms with Crippen LogP contribution >= 0.6 is 0 Å². The van der Waals surface area contributed by atoms with E-state index in [0.29, 0.717) is 23.8 Å². The summed E-state index contributed by atoms with van der Waals surface area (Å²) in [6, 6.07) is 5.63. The van der Waals surface area contributed by atoms with Crippen LogP contribution in [0, 0.1) is 13.8 Å². The van der Waals surface area contributed by atoms with Crippen molar-refractivity contribution in [3.05, 3.63) is 52.2 Å². The van der Waals surface area contributed by atoms with Crippen molar-refractivity contribution in [2.24, 2.45) is 0 Å². The van der Waals surface area contributed by atoms with Crippen molar-refractivity contribution < 1.29 is 23.4 Å². The van der Waals surface area contributed by atoms with Gasteiger partial charge in [-0.15, -0.1) is 0 Å². The molecule has 5 rings (SSSR count). The van der Waals surface area contributed by atoms with E-state index in [-0.39, 0.29) is 11.5 Å². The van der Waals surface area contributed by atoms with Crippen molar-refractivity contribution in [3.8, 4) is 11.5 Å². The molecule has 0 unspecified atom stereocenters. The van der Waals surface area contributed by atoms with E-state index in [1.165, 1.54) is 0 Å². The molecule has 0 saturated carbocycles. The number of ether oxygens (including phenoxy) is 3. The molecular formula is C24H28N2O5. The quantitative estimate of drug-likeness (QED) is 0.682. The van der Waals surface area contributed by atoms with E-state index in [2.05, 4.69) is 9.80 Å². The molecule has 1 aromatic heterocycles. The fourth-order valence-electron chi connectivity index (χ4n) is 4.44. The zero-order valence-electron chi connectivity index (χ0n) is 18.1. The Labute approximate surface area is 182 Å². The average molecular weight is 424 g/mol. The van der Waals surface area contributed by atoms with Gasteiger partial charge < -0.3 is 18.6 Å². The molecule has 2 aromatic rings. The molecule has 0 spiro atoms. The Hall–Kier alpha value is -2.61. The Kier molecular flexibility index (Phi) is 5.56. The van der Waals surface area contributed by atoms with Crippen molar-refractivity contribution in [2.75, 3.05) is 46.1 Å². The molecule has 1 saturated heterocycles. The number of Topliss-reactive ketones (excluding diaryl/α,β-unsaturated/α-hetero) is 1. The summed E-state index contributed by atoms with van der Waals surface area (Å²) in [4.78, 5) is 17.7. The van der Waals surface area contributed by atoms with Gasteiger partial charge in [0.1, 0.15) is 29.8 Å². The lowest BCUT2D eigenvalue weighted by molar-refractivity contribution is 0.0329. The summed E-state index contributed by atoms with van der Waals surface area (Å²) in [5, 5.41) is 0. The molecule has 7 heteroatoms. The average Bonchev–Trinajstić information content (AvgIpc) is 3.32. The molecule has 0 amide bonds. The SMILES string of the molecule is Cc1ccc(/C=C2\Oc3c(cc4c(c3C)OCN(CCCN3CCOCC3)C4)C2=O)o1. The predicted octanol–water partition coefficient (Wildman–Crippen LogP) is 3.39. The van der Waals surface area contributed by atoms with Gasteiger partial charge in [-0.1, -0.05) is 0 Å². The van der Waals surface area contributed by atoms with Crippen molar-refractivity contribution in [2.45, 2.75) is 26.8 Å². The van der Waals surface area contributed by atoms with Crippen LogP contribution in [-0.2, 0) is 11.3 Å². The highest BCUT2D eigenvalue weighted by molar-refractivity contribution is 6.15. The van der Waals surface area contributed by atoms with E-state index in [4.69, 9.17) is 18.6 Å². The number of benzene rings is 1. The van der Waals surface area contributed by atoms with Crippen LogP contribution in [0.25, 0.3) is 6.08 Å². The highest BCUT2D eigenvalue weighted by Gasteiger charge is 2.33. The first-order valence-electron chi connectivity index (χ1n) is 10.9. The third-order valence-electron chi connectivity index (χ3n) is 6.09. The van der Waals surface area contributed by atoms with E-state index in [9.17, 15) is 4.79 Å². The van der Waals surface area contributed by atoms with E-state index in [1.54, 1.807) is 6.08 Å². The number of rotatable bonds is 5. The van der Waals surface area contributed by atoms with E-state index in [1.807, 2.05) is 32.0 Å². The lowest BCUT2D eigenvalue weighted by Gasteiger charge is -2.31. The molecule has 3 aliphatic rings. The van der Waals surface area contributed by atoms with E-state index < -0.39 is 0 Å². The number of carbonyl (C=O) groups is 1. The molecule has 7 nitrogen and oxygen atoms in total. The lowest BCUT2D eigenvalue weighted by atomic mass is 10.00. The van der Waals surface area contributed by atoms with Gasteiger partial charge >= 0.3 is 0 Å². The van der Waals surface area contributed by atoms with Crippen LogP contribution in [-0.4, -0.2) is 61.7 Å². The third kappa shape index (κ3) is 4.13. The zero-order chi connectivity index (χ0) is 21.4. The number of fused-ring (bicyclic) bond motifs is 2. The first-order valence-corrected chi connectivity index (χ1v) is 10.9. The molecule has 0 atom stereocenters. The summed E-state index contributed by atoms with van der Waals surface area (Å²) in [6.45, 7) is 10.9. The zero-order valence-corrected chi connectivity index (χ0v) is 18.1. The first kappa shape index (κ1) is 20.3. The number of ketones is 1. The fourth-order valence-corrected chi connectivity index (χ4v) is 4.44. The van der Waals surface area contributed by atoms with Crippen LogP contribution in [0.5, 0.6) is 11.5 Å². The van der Waals surface area contributed by atoms with Gasteiger partial charge in [0.25, 0.3) is 0 Å². The molecule has 4 heterocycles. The van der Waals surface area contributed by atoms with Crippen molar-refractivity contribution in [1.82, 2.24) is 9.80 Å².